The number of nitrogens with two attached hydrogens (primary N) is 1. The van der Waals surface area contributed by atoms with Gasteiger partial charge in [-0.25, -0.2) is 0 Å². The molecule has 0 atom stereocenters. The molecule has 86 valence electrons. The second-order valence-corrected chi connectivity index (χ2v) is 4.62. The van der Waals surface area contributed by atoms with Gasteiger partial charge in [0.25, 0.3) is 0 Å². The third kappa shape index (κ3) is 1.64. The summed E-state index contributed by atoms with van der Waals surface area (Å²) in [7, 11) is 1.62. The number of anilines is 1. The Morgan fingerprint density at radius 1 is 1.35 bits per heavy atom. The van der Waals surface area contributed by atoms with Crippen LogP contribution in [0.4, 0.5) is 5.69 Å². The molecule has 1 aromatic carbocycles. The highest BCUT2D eigenvalue weighted by Gasteiger charge is 2.08. The van der Waals surface area contributed by atoms with Gasteiger partial charge in [-0.3, -0.25) is 4.98 Å². The number of aromatic nitrogens is 2. The van der Waals surface area contributed by atoms with Gasteiger partial charge < -0.3 is 15.5 Å². The third-order valence-corrected chi connectivity index (χ3v) is 3.48. The largest absolute Gasteiger partial charge is 0.495 e. The number of aromatic amines is 1. The van der Waals surface area contributed by atoms with Crippen molar-refractivity contribution in [3.05, 3.63) is 29.9 Å². The number of nitrogens with zero attached hydrogens (tertiary/aromatic N) is 1. The average molecular weight is 245 g/mol. The van der Waals surface area contributed by atoms with Crippen molar-refractivity contribution in [3.8, 4) is 16.3 Å². The zero-order valence-corrected chi connectivity index (χ0v) is 10.0. The summed E-state index contributed by atoms with van der Waals surface area (Å²) in [6.07, 6.45) is 1.84. The Labute approximate surface area is 102 Å². The molecule has 0 unspecified atom stereocenters. The number of thiazole rings is 1. The van der Waals surface area contributed by atoms with Crippen LogP contribution in [0.3, 0.4) is 0 Å². The molecule has 0 bridgehead atoms. The first-order valence-electron chi connectivity index (χ1n) is 5.13. The Bertz CT molecular complexity index is 658. The first kappa shape index (κ1) is 10.2. The molecule has 5 heteroatoms. The van der Waals surface area contributed by atoms with Gasteiger partial charge in [-0.15, -0.1) is 11.3 Å². The molecule has 0 aliphatic heterocycles. The van der Waals surface area contributed by atoms with E-state index in [0.717, 1.165) is 21.5 Å². The van der Waals surface area contributed by atoms with Gasteiger partial charge in [0.15, 0.2) is 0 Å². The van der Waals surface area contributed by atoms with Gasteiger partial charge in [0, 0.05) is 23.2 Å². The van der Waals surface area contributed by atoms with Gasteiger partial charge in [0.2, 0.25) is 0 Å². The van der Waals surface area contributed by atoms with E-state index < -0.39 is 0 Å². The predicted octanol–water partition coefficient (Wildman–Crippen LogP) is 2.88. The van der Waals surface area contributed by atoms with Gasteiger partial charge in [0.05, 0.1) is 28.9 Å². The minimum Gasteiger partial charge on any atom is -0.495 e. The lowest BCUT2D eigenvalue weighted by Crippen LogP contribution is -1.91. The fraction of sp³-hybridized carbons (Fsp3) is 0.0833. The average Bonchev–Trinajstić information content (AvgIpc) is 2.95. The molecule has 0 fully saturated rings. The zero-order chi connectivity index (χ0) is 11.8. The molecule has 2 heterocycles. The van der Waals surface area contributed by atoms with Crippen molar-refractivity contribution in [2.45, 2.75) is 0 Å². The number of ether oxygens (including phenoxy) is 1. The molecule has 3 aromatic rings. The molecular weight excluding hydrogens is 234 g/mol. The van der Waals surface area contributed by atoms with Crippen LogP contribution in [-0.4, -0.2) is 17.1 Å². The maximum Gasteiger partial charge on any atom is 0.143 e. The van der Waals surface area contributed by atoms with Crippen LogP contribution in [0.1, 0.15) is 0 Å². The second-order valence-electron chi connectivity index (χ2n) is 3.73. The Balaban J connectivity index is 2.19. The first-order valence-corrected chi connectivity index (χ1v) is 6.01. The van der Waals surface area contributed by atoms with E-state index in [4.69, 9.17) is 10.5 Å². The van der Waals surface area contributed by atoms with Gasteiger partial charge in [-0.05, 0) is 12.1 Å². The van der Waals surface area contributed by atoms with Crippen molar-refractivity contribution in [3.63, 3.8) is 0 Å². The fourth-order valence-corrected chi connectivity index (χ4v) is 2.43. The number of hydrogen-bond donors (Lipinski definition) is 2. The Hall–Kier alpha value is -2.01. The highest BCUT2D eigenvalue weighted by molar-refractivity contribution is 7.13. The fourth-order valence-electron chi connectivity index (χ4n) is 1.84. The predicted molar refractivity (Wildman–Crippen MR) is 70.4 cm³/mol. The van der Waals surface area contributed by atoms with E-state index in [9.17, 15) is 0 Å². The number of H-pyrrole nitrogens is 1. The Kier molecular flexibility index (Phi) is 2.26. The summed E-state index contributed by atoms with van der Waals surface area (Å²) in [5, 5.41) is 1.08. The molecule has 0 spiro atoms. The second kappa shape index (κ2) is 3.78. The van der Waals surface area contributed by atoms with E-state index >= 15 is 0 Å². The van der Waals surface area contributed by atoms with E-state index in [1.54, 1.807) is 18.4 Å². The van der Waals surface area contributed by atoms with Crippen molar-refractivity contribution < 1.29 is 4.74 Å². The number of nitrogen functional groups attached to an aromatic ring is 1. The summed E-state index contributed by atoms with van der Waals surface area (Å²) in [5.74, 6) is 0.690. The molecule has 0 saturated heterocycles. The van der Waals surface area contributed by atoms with E-state index in [0.29, 0.717) is 11.4 Å². The Morgan fingerprint density at radius 3 is 2.94 bits per heavy atom. The van der Waals surface area contributed by atoms with Crippen LogP contribution in [0.25, 0.3) is 21.5 Å². The summed E-state index contributed by atoms with van der Waals surface area (Å²) >= 11 is 1.60. The number of nitrogens with one attached hydrogen (secondary N) is 1. The monoisotopic (exact) mass is 245 g/mol. The maximum absolute atomic E-state index is 5.88. The van der Waals surface area contributed by atoms with Gasteiger partial charge in [0.1, 0.15) is 5.75 Å². The summed E-state index contributed by atoms with van der Waals surface area (Å²) in [6, 6.07) is 5.89. The lowest BCUT2D eigenvalue weighted by atomic mass is 10.2. The van der Waals surface area contributed by atoms with E-state index in [2.05, 4.69) is 16.0 Å². The van der Waals surface area contributed by atoms with Crippen molar-refractivity contribution in [1.29, 1.82) is 0 Å². The lowest BCUT2D eigenvalue weighted by molar-refractivity contribution is 0.417. The van der Waals surface area contributed by atoms with Crippen LogP contribution in [0.2, 0.25) is 0 Å². The summed E-state index contributed by atoms with van der Waals surface area (Å²) in [4.78, 5) is 8.51. The molecule has 17 heavy (non-hydrogen) atoms. The van der Waals surface area contributed by atoms with E-state index in [-0.39, 0.29) is 0 Å². The topological polar surface area (TPSA) is 63.9 Å². The maximum atomic E-state index is 5.88. The van der Waals surface area contributed by atoms with Crippen molar-refractivity contribution in [1.82, 2.24) is 9.97 Å². The molecular formula is C12H11N3OS. The van der Waals surface area contributed by atoms with Crippen LogP contribution in [-0.2, 0) is 0 Å². The number of hydrogen-bond acceptors (Lipinski definition) is 4. The van der Waals surface area contributed by atoms with Gasteiger partial charge in [-0.2, -0.15) is 0 Å². The smallest absolute Gasteiger partial charge is 0.143 e. The molecule has 0 saturated carbocycles. The van der Waals surface area contributed by atoms with Crippen molar-refractivity contribution in [2.24, 2.45) is 0 Å². The minimum atomic E-state index is 0.648. The van der Waals surface area contributed by atoms with Crippen LogP contribution >= 0.6 is 11.3 Å². The van der Waals surface area contributed by atoms with Crippen LogP contribution in [0.5, 0.6) is 5.75 Å². The van der Waals surface area contributed by atoms with Crippen molar-refractivity contribution >= 4 is 27.9 Å². The molecule has 0 amide bonds. The van der Waals surface area contributed by atoms with Gasteiger partial charge in [-0.1, -0.05) is 0 Å². The van der Waals surface area contributed by atoms with E-state index in [1.807, 2.05) is 23.8 Å². The molecule has 3 N–H and O–H groups in total. The molecule has 0 aliphatic carbocycles. The number of methoxy groups -OCH3 is 1. The van der Waals surface area contributed by atoms with Gasteiger partial charge >= 0.3 is 0 Å². The molecule has 0 radical (unpaired) electrons. The highest BCUT2D eigenvalue weighted by atomic mass is 32.1. The van der Waals surface area contributed by atoms with Crippen LogP contribution in [0.15, 0.2) is 29.9 Å². The van der Waals surface area contributed by atoms with Crippen LogP contribution in [0, 0.1) is 0 Å². The third-order valence-electron chi connectivity index (χ3n) is 2.67. The Morgan fingerprint density at radius 2 is 2.24 bits per heavy atom. The molecule has 4 nitrogen and oxygen atoms in total. The number of rotatable bonds is 2. The number of benzene rings is 1. The highest BCUT2D eigenvalue weighted by Crippen LogP contribution is 2.32. The first-order chi connectivity index (χ1) is 8.28. The lowest BCUT2D eigenvalue weighted by Gasteiger charge is -2.03. The summed E-state index contributed by atoms with van der Waals surface area (Å²) < 4.78 is 5.20. The normalized spacial score (nSPS) is 10.9. The van der Waals surface area contributed by atoms with Crippen LogP contribution < -0.4 is 10.5 Å². The summed E-state index contributed by atoms with van der Waals surface area (Å²) in [6.45, 7) is 0. The molecule has 2 aromatic heterocycles. The zero-order valence-electron chi connectivity index (χ0n) is 9.23. The molecule has 3 rings (SSSR count). The quantitative estimate of drug-likeness (QED) is 0.682. The number of fused-ring (bicyclic) bond motifs is 1. The van der Waals surface area contributed by atoms with E-state index in [1.165, 1.54) is 0 Å². The molecule has 0 aliphatic rings. The minimum absolute atomic E-state index is 0.648. The summed E-state index contributed by atoms with van der Waals surface area (Å²) in [5.41, 5.74) is 10.4. The van der Waals surface area contributed by atoms with Crippen molar-refractivity contribution in [2.75, 3.05) is 12.8 Å². The SMILES string of the molecule is COc1cc2[nH]c(-c3cncs3)cc2cc1N. The standard InChI is InChI=1S/C12H11N3OS/c1-16-11-4-9-7(2-8(11)13)3-10(15-9)12-5-14-6-17-12/h2-6,15H,13H2,1H3.